The van der Waals surface area contributed by atoms with Gasteiger partial charge in [0.05, 0.1) is 5.41 Å². The highest BCUT2D eigenvalue weighted by atomic mass is 16.3. The lowest BCUT2D eigenvalue weighted by Crippen LogP contribution is -2.21. The number of allylic oxidation sites excluding steroid dienone is 3. The fourth-order valence-corrected chi connectivity index (χ4v) is 4.17. The molecule has 2 aromatic rings. The Bertz CT molecular complexity index is 913. The van der Waals surface area contributed by atoms with E-state index in [4.69, 9.17) is 4.42 Å². The maximum Gasteiger partial charge on any atom is 0.147 e. The maximum absolute atomic E-state index is 13.0. The molecule has 0 radical (unpaired) electrons. The molecule has 164 valence electrons. The molecule has 2 aliphatic carbocycles. The van der Waals surface area contributed by atoms with Crippen LogP contribution in [0.15, 0.2) is 52.2 Å². The second kappa shape index (κ2) is 10.7. The van der Waals surface area contributed by atoms with Crippen molar-refractivity contribution in [2.75, 3.05) is 0 Å². The fourth-order valence-electron chi connectivity index (χ4n) is 4.17. The minimum absolute atomic E-state index is 0.155. The van der Waals surface area contributed by atoms with E-state index in [1.807, 2.05) is 57.2 Å². The molecule has 1 heterocycles. The molecule has 1 aromatic heterocycles. The molecule has 2 aliphatic rings. The Kier molecular flexibility index (Phi) is 8.52. The molecule has 2 atom stereocenters. The zero-order chi connectivity index (χ0) is 22.3. The fraction of sp³-hybridized carbons (Fsp3) is 0.519. The van der Waals surface area contributed by atoms with Crippen LogP contribution >= 0.6 is 0 Å². The molecule has 30 heavy (non-hydrogen) atoms. The van der Waals surface area contributed by atoms with Crippen LogP contribution in [0.3, 0.4) is 0 Å². The molecular weight excluding hydrogens is 372 g/mol. The Morgan fingerprint density at radius 3 is 2.43 bits per heavy atom. The van der Waals surface area contributed by atoms with E-state index in [1.165, 1.54) is 19.3 Å². The summed E-state index contributed by atoms with van der Waals surface area (Å²) in [6.07, 6.45) is 9.86. The first-order valence-electron chi connectivity index (χ1n) is 11.6. The van der Waals surface area contributed by atoms with Crippen molar-refractivity contribution in [3.05, 3.63) is 59.1 Å². The first-order chi connectivity index (χ1) is 14.5. The van der Waals surface area contributed by atoms with Gasteiger partial charge in [-0.3, -0.25) is 4.79 Å². The van der Waals surface area contributed by atoms with Gasteiger partial charge in [0.15, 0.2) is 0 Å². The molecule has 1 saturated carbocycles. The van der Waals surface area contributed by atoms with Crippen molar-refractivity contribution in [2.24, 2.45) is 11.3 Å². The lowest BCUT2D eigenvalue weighted by Gasteiger charge is -2.16. The standard InChI is InChI=1S/C20H20O3.C5H12.C2H6/c1-3-17-15(14-6-4-5-7-18(14)23-17)9-19(22)20-10-12(2)16(21)8-13(20)11-20;1-3-5-4-2;1-2/h4-8,10,13,21H,3,9,11H2,1-2H3;3-5H2,1-2H3;1-2H3. The molecule has 0 aliphatic heterocycles. The van der Waals surface area contributed by atoms with Crippen molar-refractivity contribution in [1.29, 1.82) is 0 Å². The Hall–Kier alpha value is -2.29. The van der Waals surface area contributed by atoms with Gasteiger partial charge in [0.2, 0.25) is 0 Å². The molecule has 0 bridgehead atoms. The molecular formula is C27H38O3. The molecule has 1 N–H and O–H groups in total. The number of hydrogen-bond donors (Lipinski definition) is 1. The van der Waals surface area contributed by atoms with Gasteiger partial charge in [0.25, 0.3) is 0 Å². The summed E-state index contributed by atoms with van der Waals surface area (Å²) in [5.41, 5.74) is 2.28. The van der Waals surface area contributed by atoms with Gasteiger partial charge in [-0.2, -0.15) is 0 Å². The van der Waals surface area contributed by atoms with Crippen LogP contribution < -0.4 is 0 Å². The molecule has 0 saturated heterocycles. The predicted octanol–water partition coefficient (Wildman–Crippen LogP) is 7.74. The van der Waals surface area contributed by atoms with E-state index in [0.717, 1.165) is 40.7 Å². The van der Waals surface area contributed by atoms with E-state index in [9.17, 15) is 9.90 Å². The SMILES string of the molecule is CC.CCCCC.CCc1oc2ccccc2c1CC(=O)C12C=C(C)C(O)=CC1C2. The van der Waals surface area contributed by atoms with Gasteiger partial charge in [0.1, 0.15) is 22.9 Å². The molecule has 3 heteroatoms. The molecule has 0 amide bonds. The monoisotopic (exact) mass is 410 g/mol. The van der Waals surface area contributed by atoms with Crippen molar-refractivity contribution in [3.63, 3.8) is 0 Å². The molecule has 1 aromatic carbocycles. The second-order valence-corrected chi connectivity index (χ2v) is 8.04. The van der Waals surface area contributed by atoms with Crippen LogP contribution in [0.1, 0.15) is 78.5 Å². The van der Waals surface area contributed by atoms with Crippen LogP contribution in [0.25, 0.3) is 11.0 Å². The lowest BCUT2D eigenvalue weighted by molar-refractivity contribution is -0.122. The summed E-state index contributed by atoms with van der Waals surface area (Å²) in [5.74, 6) is 1.61. The van der Waals surface area contributed by atoms with Crippen LogP contribution in [-0.4, -0.2) is 10.9 Å². The Morgan fingerprint density at radius 1 is 1.17 bits per heavy atom. The van der Waals surface area contributed by atoms with Crippen molar-refractivity contribution >= 4 is 16.8 Å². The third-order valence-corrected chi connectivity index (χ3v) is 5.96. The average Bonchev–Trinajstić information content (AvgIpc) is 3.36. The number of rotatable bonds is 6. The number of furan rings is 1. The Morgan fingerprint density at radius 2 is 1.83 bits per heavy atom. The second-order valence-electron chi connectivity index (χ2n) is 8.04. The smallest absolute Gasteiger partial charge is 0.147 e. The van der Waals surface area contributed by atoms with Crippen LogP contribution in [0.5, 0.6) is 0 Å². The summed E-state index contributed by atoms with van der Waals surface area (Å²) in [5, 5.41) is 10.9. The minimum Gasteiger partial charge on any atom is -0.508 e. The number of aryl methyl sites for hydroxylation is 1. The van der Waals surface area contributed by atoms with Gasteiger partial charge in [-0.25, -0.2) is 0 Å². The Balaban J connectivity index is 0.000000404. The zero-order valence-corrected chi connectivity index (χ0v) is 19.5. The number of Topliss-reactive ketones (excluding diaryl/α,β-unsaturated/α-hetero) is 1. The van der Waals surface area contributed by atoms with Crippen LogP contribution in [0.4, 0.5) is 0 Å². The van der Waals surface area contributed by atoms with Crippen molar-refractivity contribution in [2.45, 2.75) is 80.1 Å². The number of hydrogen-bond acceptors (Lipinski definition) is 3. The van der Waals surface area contributed by atoms with Gasteiger partial charge >= 0.3 is 0 Å². The number of aliphatic hydroxyl groups is 1. The van der Waals surface area contributed by atoms with Crippen LogP contribution in [0, 0.1) is 11.3 Å². The average molecular weight is 411 g/mol. The largest absolute Gasteiger partial charge is 0.508 e. The number of carbonyl (C=O) groups is 1. The Labute approximate surface area is 181 Å². The third-order valence-electron chi connectivity index (χ3n) is 5.96. The summed E-state index contributed by atoms with van der Waals surface area (Å²) in [4.78, 5) is 13.0. The number of benzene rings is 1. The van der Waals surface area contributed by atoms with Gasteiger partial charge < -0.3 is 9.52 Å². The van der Waals surface area contributed by atoms with Crippen molar-refractivity contribution in [1.82, 2.24) is 0 Å². The molecule has 0 spiro atoms. The summed E-state index contributed by atoms with van der Waals surface area (Å²) < 4.78 is 5.90. The predicted molar refractivity (Wildman–Crippen MR) is 126 cm³/mol. The first kappa shape index (κ1) is 24.0. The minimum atomic E-state index is -0.403. The summed E-state index contributed by atoms with van der Waals surface area (Å²) in [6.45, 7) is 12.3. The van der Waals surface area contributed by atoms with Crippen molar-refractivity contribution < 1.29 is 14.3 Å². The number of aliphatic hydroxyl groups excluding tert-OH is 1. The number of carbonyl (C=O) groups excluding carboxylic acids is 1. The van der Waals surface area contributed by atoms with E-state index in [0.29, 0.717) is 12.2 Å². The topological polar surface area (TPSA) is 50.4 Å². The van der Waals surface area contributed by atoms with E-state index < -0.39 is 5.41 Å². The lowest BCUT2D eigenvalue weighted by atomic mass is 9.87. The van der Waals surface area contributed by atoms with Gasteiger partial charge in [-0.15, -0.1) is 0 Å². The van der Waals surface area contributed by atoms with Gasteiger partial charge in [-0.1, -0.05) is 78.2 Å². The number of fused-ring (bicyclic) bond motifs is 2. The highest BCUT2D eigenvalue weighted by Crippen LogP contribution is 2.59. The number of unbranched alkanes of at least 4 members (excludes halogenated alkanes) is 2. The summed E-state index contributed by atoms with van der Waals surface area (Å²) in [7, 11) is 0. The van der Waals surface area contributed by atoms with E-state index in [2.05, 4.69) is 20.8 Å². The van der Waals surface area contributed by atoms with E-state index in [1.54, 1.807) is 0 Å². The zero-order valence-electron chi connectivity index (χ0n) is 19.5. The molecule has 2 unspecified atom stereocenters. The normalized spacial score (nSPS) is 21.3. The molecule has 3 nitrogen and oxygen atoms in total. The maximum atomic E-state index is 13.0. The van der Waals surface area contributed by atoms with Crippen LogP contribution in [-0.2, 0) is 17.6 Å². The summed E-state index contributed by atoms with van der Waals surface area (Å²) >= 11 is 0. The van der Waals surface area contributed by atoms with Gasteiger partial charge in [-0.05, 0) is 37.0 Å². The third kappa shape index (κ3) is 4.88. The summed E-state index contributed by atoms with van der Waals surface area (Å²) in [6, 6.07) is 7.91. The quantitative estimate of drug-likeness (QED) is 0.530. The molecule has 1 fully saturated rings. The highest BCUT2D eigenvalue weighted by molar-refractivity contribution is 5.96. The molecule has 4 rings (SSSR count). The van der Waals surface area contributed by atoms with Gasteiger partial charge in [0, 0.05) is 23.8 Å². The number of para-hydroxylation sites is 1. The first-order valence-corrected chi connectivity index (χ1v) is 11.6. The van der Waals surface area contributed by atoms with Crippen LogP contribution in [0.2, 0.25) is 0 Å². The highest BCUT2D eigenvalue weighted by Gasteiger charge is 2.58. The number of ketones is 1. The van der Waals surface area contributed by atoms with E-state index >= 15 is 0 Å². The van der Waals surface area contributed by atoms with Crippen molar-refractivity contribution in [3.8, 4) is 0 Å². The van der Waals surface area contributed by atoms with E-state index in [-0.39, 0.29) is 11.7 Å².